The zero-order chi connectivity index (χ0) is 31.0. The number of benzene rings is 1. The van der Waals surface area contributed by atoms with E-state index >= 15 is 0 Å². The number of methoxy groups -OCH3 is 1. The molecule has 1 N–H and O–H groups in total. The van der Waals surface area contributed by atoms with Gasteiger partial charge in [-0.25, -0.2) is 14.6 Å². The summed E-state index contributed by atoms with van der Waals surface area (Å²) in [5.74, 6) is -1.76. The van der Waals surface area contributed by atoms with Gasteiger partial charge in [0.25, 0.3) is 0 Å². The number of amides is 1. The van der Waals surface area contributed by atoms with Crippen LogP contribution in [0.5, 0.6) is 5.88 Å². The van der Waals surface area contributed by atoms with Crippen molar-refractivity contribution in [1.82, 2.24) is 9.88 Å². The maximum atomic E-state index is 13.7. The Hall–Kier alpha value is -3.34. The van der Waals surface area contributed by atoms with Crippen molar-refractivity contribution >= 4 is 12.1 Å². The Bertz CT molecular complexity index is 1290. The first-order valence-electron chi connectivity index (χ1n) is 14.2. The number of nitrogens with zero attached hydrogens (tertiary/aromatic N) is 2. The third-order valence-corrected chi connectivity index (χ3v) is 8.14. The van der Waals surface area contributed by atoms with Crippen molar-refractivity contribution in [1.29, 1.82) is 0 Å². The number of carbonyl (C=O) groups excluding carboxylic acids is 1. The van der Waals surface area contributed by atoms with Crippen molar-refractivity contribution in [3.05, 3.63) is 58.8 Å². The van der Waals surface area contributed by atoms with Gasteiger partial charge in [-0.05, 0) is 55.2 Å². The number of ether oxygens (including phenoxy) is 3. The molecule has 1 aromatic carbocycles. The lowest BCUT2D eigenvalue weighted by Crippen LogP contribution is -2.47. The van der Waals surface area contributed by atoms with Gasteiger partial charge in [-0.3, -0.25) is 4.90 Å². The summed E-state index contributed by atoms with van der Waals surface area (Å²) < 4.78 is 57.9. The van der Waals surface area contributed by atoms with Gasteiger partial charge in [0.05, 0.1) is 37.5 Å². The molecule has 4 atom stereocenters. The van der Waals surface area contributed by atoms with Crippen molar-refractivity contribution in [3.8, 4) is 5.88 Å². The van der Waals surface area contributed by atoms with Gasteiger partial charge in [-0.15, -0.1) is 0 Å². The normalized spacial score (nSPS) is 23.1. The Morgan fingerprint density at radius 3 is 2.26 bits per heavy atom. The summed E-state index contributed by atoms with van der Waals surface area (Å²) in [6.45, 7) is 8.61. The fraction of sp³-hybridized carbons (Fsp3) is 0.581. The summed E-state index contributed by atoms with van der Waals surface area (Å²) in [5.41, 5.74) is 0.154. The number of aromatic nitrogens is 1. The Balaban J connectivity index is 1.87. The van der Waals surface area contributed by atoms with E-state index in [4.69, 9.17) is 14.2 Å². The second-order valence-electron chi connectivity index (χ2n) is 12.4. The lowest BCUT2D eigenvalue weighted by atomic mass is 9.72. The smallest absolute Gasteiger partial charge is 0.417 e. The Labute approximate surface area is 244 Å². The Kier molecular flexibility index (Phi) is 9.11. The Morgan fingerprint density at radius 1 is 1.12 bits per heavy atom. The third kappa shape index (κ3) is 6.35. The monoisotopic (exact) mass is 592 g/mol. The second-order valence-corrected chi connectivity index (χ2v) is 12.4. The summed E-state index contributed by atoms with van der Waals surface area (Å²) >= 11 is 0. The van der Waals surface area contributed by atoms with Crippen molar-refractivity contribution < 1.29 is 42.1 Å². The van der Waals surface area contributed by atoms with Gasteiger partial charge >= 0.3 is 18.2 Å². The number of carboxylic acids is 1. The van der Waals surface area contributed by atoms with Crippen molar-refractivity contribution in [2.75, 3.05) is 7.11 Å². The number of aliphatic carboxylic acids is 1. The van der Waals surface area contributed by atoms with Crippen LogP contribution in [0, 0.1) is 11.3 Å². The maximum Gasteiger partial charge on any atom is 0.417 e. The van der Waals surface area contributed by atoms with Crippen molar-refractivity contribution in [2.24, 2.45) is 11.3 Å². The minimum Gasteiger partial charge on any atom is -0.481 e. The highest BCUT2D eigenvalue weighted by atomic mass is 19.4. The van der Waals surface area contributed by atoms with Crippen LogP contribution in [0.25, 0.3) is 0 Å². The number of hydrogen-bond acceptors (Lipinski definition) is 6. The largest absolute Gasteiger partial charge is 0.481 e. The fourth-order valence-corrected chi connectivity index (χ4v) is 6.13. The molecule has 230 valence electrons. The number of hydrogen-bond donors (Lipinski definition) is 1. The van der Waals surface area contributed by atoms with E-state index in [-0.39, 0.29) is 24.0 Å². The first kappa shape index (κ1) is 31.6. The molecule has 0 radical (unpaired) electrons. The van der Waals surface area contributed by atoms with E-state index in [0.29, 0.717) is 6.20 Å². The van der Waals surface area contributed by atoms with Gasteiger partial charge in [0.2, 0.25) is 5.88 Å². The number of carbonyl (C=O) groups is 2. The molecule has 2 heterocycles. The molecular formula is C31H39F3N2O6. The molecule has 0 bridgehead atoms. The first-order valence-corrected chi connectivity index (χ1v) is 14.2. The molecule has 2 aromatic rings. The molecule has 4 rings (SSSR count). The van der Waals surface area contributed by atoms with Gasteiger partial charge in [-0.2, -0.15) is 13.2 Å². The zero-order valence-electron chi connectivity index (χ0n) is 24.8. The second kappa shape index (κ2) is 12.1. The summed E-state index contributed by atoms with van der Waals surface area (Å²) in [4.78, 5) is 31.7. The maximum absolute atomic E-state index is 13.7. The average Bonchev–Trinajstić information content (AvgIpc) is 3.22. The number of likely N-dealkylation sites (tertiary alicyclic amines) is 1. The van der Waals surface area contributed by atoms with Crippen LogP contribution in [0.1, 0.15) is 88.1 Å². The highest BCUT2D eigenvalue weighted by Gasteiger charge is 2.60. The van der Waals surface area contributed by atoms with E-state index in [1.54, 1.807) is 13.8 Å². The minimum absolute atomic E-state index is 0.0365. The van der Waals surface area contributed by atoms with Crippen LogP contribution in [-0.2, 0) is 27.1 Å². The number of alkyl halides is 3. The van der Waals surface area contributed by atoms with E-state index in [1.807, 2.05) is 45.0 Å². The lowest BCUT2D eigenvalue weighted by molar-refractivity contribution is -0.145. The average molecular weight is 593 g/mol. The molecule has 2 aliphatic rings. The standard InChI is InChI=1S/C31H39F3N2O6/c1-17(2)42-29(39)36-24(22-13-8-7-12-21(22)18-10-9-11-18)26(23(30(3,4)5)25(36)28(37)38)41-16-19-14-20(31(32,33)34)15-35-27(19)40-6/h7-8,12-15,17-18,23-26H,9-11,16H2,1-6H3,(H,37,38)/t23-,24+,25+,26+/m1/s1. The highest BCUT2D eigenvalue weighted by molar-refractivity contribution is 5.82. The number of rotatable bonds is 8. The van der Waals surface area contributed by atoms with Gasteiger partial charge in [-0.1, -0.05) is 51.5 Å². The molecule has 1 aliphatic carbocycles. The highest BCUT2D eigenvalue weighted by Crippen LogP contribution is 2.52. The SMILES string of the molecule is COc1ncc(C(F)(F)F)cc1CO[C@H]1[C@H](C(C)(C)C)[C@@H](C(=O)O)N(C(=O)OC(C)C)[C@H]1c1ccccc1C1CCC1. The molecule has 0 spiro atoms. The molecule has 1 amide bonds. The van der Waals surface area contributed by atoms with Gasteiger partial charge < -0.3 is 19.3 Å². The molecule has 11 heteroatoms. The number of pyridine rings is 1. The predicted molar refractivity (Wildman–Crippen MR) is 148 cm³/mol. The third-order valence-electron chi connectivity index (χ3n) is 8.14. The fourth-order valence-electron chi connectivity index (χ4n) is 6.13. The summed E-state index contributed by atoms with van der Waals surface area (Å²) in [5, 5.41) is 10.6. The van der Waals surface area contributed by atoms with Gasteiger partial charge in [0, 0.05) is 17.7 Å². The molecule has 1 saturated carbocycles. The molecule has 0 unspecified atom stereocenters. The van der Waals surface area contributed by atoms with Crippen LogP contribution in [0.3, 0.4) is 0 Å². The topological polar surface area (TPSA) is 98.2 Å². The van der Waals surface area contributed by atoms with Gasteiger partial charge in [0.15, 0.2) is 0 Å². The molecule has 2 fully saturated rings. The van der Waals surface area contributed by atoms with Crippen LogP contribution < -0.4 is 4.74 Å². The van der Waals surface area contributed by atoms with E-state index in [1.165, 1.54) is 12.0 Å². The summed E-state index contributed by atoms with van der Waals surface area (Å²) in [6.07, 6.45) is -3.16. The first-order chi connectivity index (χ1) is 19.6. The zero-order valence-corrected chi connectivity index (χ0v) is 24.8. The van der Waals surface area contributed by atoms with Gasteiger partial charge in [0.1, 0.15) is 6.04 Å². The van der Waals surface area contributed by atoms with E-state index in [0.717, 1.165) is 36.5 Å². The molecule has 42 heavy (non-hydrogen) atoms. The van der Waals surface area contributed by atoms with Crippen molar-refractivity contribution in [2.45, 2.75) is 96.9 Å². The molecule has 8 nitrogen and oxygen atoms in total. The quantitative estimate of drug-likeness (QED) is 0.353. The lowest BCUT2D eigenvalue weighted by Gasteiger charge is -2.36. The number of halogens is 3. The number of carboxylic acid groups (broad SMARTS) is 1. The van der Waals surface area contributed by atoms with Crippen LogP contribution >= 0.6 is 0 Å². The van der Waals surface area contributed by atoms with E-state index in [2.05, 4.69) is 4.98 Å². The molecule has 1 aliphatic heterocycles. The van der Waals surface area contributed by atoms with E-state index in [9.17, 15) is 27.9 Å². The summed E-state index contributed by atoms with van der Waals surface area (Å²) in [6, 6.07) is 6.34. The van der Waals surface area contributed by atoms with Crippen LogP contribution in [0.2, 0.25) is 0 Å². The minimum atomic E-state index is -4.63. The van der Waals surface area contributed by atoms with Crippen LogP contribution in [0.15, 0.2) is 36.5 Å². The Morgan fingerprint density at radius 2 is 1.76 bits per heavy atom. The summed E-state index contributed by atoms with van der Waals surface area (Å²) in [7, 11) is 1.30. The van der Waals surface area contributed by atoms with Crippen LogP contribution in [0.4, 0.5) is 18.0 Å². The van der Waals surface area contributed by atoms with E-state index < -0.39 is 59.4 Å². The molecule has 1 saturated heterocycles. The predicted octanol–water partition coefficient (Wildman–Crippen LogP) is 6.98. The molecule has 1 aromatic heterocycles. The van der Waals surface area contributed by atoms with Crippen molar-refractivity contribution in [3.63, 3.8) is 0 Å². The van der Waals surface area contributed by atoms with Crippen LogP contribution in [-0.4, -0.2) is 52.4 Å². The molecular weight excluding hydrogens is 553 g/mol.